The lowest BCUT2D eigenvalue weighted by Gasteiger charge is -2.35. The molecule has 0 radical (unpaired) electrons. The number of carbonyl (C=O) groups is 1. The van der Waals surface area contributed by atoms with E-state index < -0.39 is 0 Å². The normalized spacial score (nSPS) is 44.1. The second kappa shape index (κ2) is 4.84. The molecule has 1 heterocycles. The van der Waals surface area contributed by atoms with Crippen LogP contribution in [0.1, 0.15) is 51.9 Å². The van der Waals surface area contributed by atoms with Crippen molar-refractivity contribution in [2.24, 2.45) is 23.5 Å². The monoisotopic (exact) mass is 250 g/mol. The van der Waals surface area contributed by atoms with Gasteiger partial charge in [0.25, 0.3) is 0 Å². The van der Waals surface area contributed by atoms with Gasteiger partial charge in [0.15, 0.2) is 0 Å². The summed E-state index contributed by atoms with van der Waals surface area (Å²) in [6.45, 7) is 3.17. The predicted molar refractivity (Wildman–Crippen MR) is 71.9 cm³/mol. The van der Waals surface area contributed by atoms with Gasteiger partial charge in [-0.2, -0.15) is 0 Å². The highest BCUT2D eigenvalue weighted by atomic mass is 16.2. The second-order valence-electron chi connectivity index (χ2n) is 6.67. The first-order valence-electron chi connectivity index (χ1n) is 7.74. The fourth-order valence-corrected chi connectivity index (χ4v) is 4.50. The Balaban J connectivity index is 1.73. The van der Waals surface area contributed by atoms with Gasteiger partial charge in [0.2, 0.25) is 5.91 Å². The second-order valence-corrected chi connectivity index (χ2v) is 6.67. The average Bonchev–Trinajstić information content (AvgIpc) is 2.86. The maximum Gasteiger partial charge on any atom is 0.227 e. The minimum Gasteiger partial charge on any atom is -0.340 e. The van der Waals surface area contributed by atoms with E-state index in [2.05, 4.69) is 11.8 Å². The zero-order valence-electron chi connectivity index (χ0n) is 11.5. The smallest absolute Gasteiger partial charge is 0.227 e. The quantitative estimate of drug-likeness (QED) is 0.775. The van der Waals surface area contributed by atoms with Gasteiger partial charge in [-0.15, -0.1) is 0 Å². The Morgan fingerprint density at radius 3 is 2.61 bits per heavy atom. The number of hydrogen-bond acceptors (Lipinski definition) is 2. The Hall–Kier alpha value is -0.570. The van der Waals surface area contributed by atoms with Crippen molar-refractivity contribution in [1.82, 2.24) is 4.90 Å². The van der Waals surface area contributed by atoms with Crippen LogP contribution in [0.25, 0.3) is 0 Å². The molecule has 3 rings (SSSR count). The molecule has 3 heteroatoms. The van der Waals surface area contributed by atoms with Crippen molar-refractivity contribution in [3.8, 4) is 0 Å². The van der Waals surface area contributed by atoms with Crippen LogP contribution in [0.5, 0.6) is 0 Å². The van der Waals surface area contributed by atoms with Gasteiger partial charge in [-0.1, -0.05) is 12.8 Å². The zero-order chi connectivity index (χ0) is 12.7. The van der Waals surface area contributed by atoms with Gasteiger partial charge in [-0.25, -0.2) is 0 Å². The minimum absolute atomic E-state index is 0.143. The Morgan fingerprint density at radius 1 is 1.11 bits per heavy atom. The summed E-state index contributed by atoms with van der Waals surface area (Å²) in [7, 11) is 0. The molecule has 1 aliphatic heterocycles. The molecular weight excluding hydrogens is 224 g/mol. The van der Waals surface area contributed by atoms with Gasteiger partial charge in [0.05, 0.1) is 5.92 Å². The predicted octanol–water partition coefficient (Wildman–Crippen LogP) is 2.15. The van der Waals surface area contributed by atoms with E-state index in [1.54, 1.807) is 0 Å². The summed E-state index contributed by atoms with van der Waals surface area (Å²) >= 11 is 0. The Labute approximate surface area is 110 Å². The highest BCUT2D eigenvalue weighted by molar-refractivity contribution is 5.81. The summed E-state index contributed by atoms with van der Waals surface area (Å²) < 4.78 is 0. The summed E-state index contributed by atoms with van der Waals surface area (Å²) in [5, 5.41) is 0. The molecule has 2 N–H and O–H groups in total. The largest absolute Gasteiger partial charge is 0.340 e. The van der Waals surface area contributed by atoms with Crippen molar-refractivity contribution in [3.63, 3.8) is 0 Å². The van der Waals surface area contributed by atoms with Crippen LogP contribution >= 0.6 is 0 Å². The van der Waals surface area contributed by atoms with E-state index >= 15 is 0 Å². The molecule has 0 aromatic rings. The zero-order valence-corrected chi connectivity index (χ0v) is 11.5. The summed E-state index contributed by atoms with van der Waals surface area (Å²) in [6.07, 6.45) is 8.58. The highest BCUT2D eigenvalue weighted by Crippen LogP contribution is 2.48. The van der Waals surface area contributed by atoms with Crippen molar-refractivity contribution in [2.75, 3.05) is 6.54 Å². The van der Waals surface area contributed by atoms with Crippen molar-refractivity contribution in [1.29, 1.82) is 0 Å². The molecule has 0 aromatic carbocycles. The molecule has 2 bridgehead atoms. The summed E-state index contributed by atoms with van der Waals surface area (Å²) in [4.78, 5) is 15.0. The molecule has 2 aliphatic carbocycles. The first-order chi connectivity index (χ1) is 8.68. The van der Waals surface area contributed by atoms with Gasteiger partial charge in [-0.05, 0) is 50.9 Å². The van der Waals surface area contributed by atoms with Crippen LogP contribution in [0.2, 0.25) is 0 Å². The number of rotatable bonds is 1. The highest BCUT2D eigenvalue weighted by Gasteiger charge is 2.50. The topological polar surface area (TPSA) is 46.3 Å². The lowest BCUT2D eigenvalue weighted by molar-refractivity contribution is -0.139. The third-order valence-corrected chi connectivity index (χ3v) is 5.60. The molecule has 3 nitrogen and oxygen atoms in total. The van der Waals surface area contributed by atoms with Crippen molar-refractivity contribution >= 4 is 5.91 Å². The summed E-state index contributed by atoms with van der Waals surface area (Å²) in [5.74, 6) is 1.74. The molecule has 3 fully saturated rings. The lowest BCUT2D eigenvalue weighted by atomic mass is 9.83. The van der Waals surface area contributed by atoms with E-state index in [1.165, 1.54) is 44.9 Å². The van der Waals surface area contributed by atoms with Crippen LogP contribution in [-0.4, -0.2) is 29.4 Å². The van der Waals surface area contributed by atoms with Gasteiger partial charge >= 0.3 is 0 Å². The molecule has 0 spiro atoms. The molecule has 2 saturated carbocycles. The SMILES string of the molecule is CC1CCCCCN1C(=O)C1C2CCC(C2)C1N. The van der Waals surface area contributed by atoms with E-state index in [0.717, 1.165) is 6.54 Å². The van der Waals surface area contributed by atoms with Crippen molar-refractivity contribution < 1.29 is 4.79 Å². The third kappa shape index (κ3) is 1.97. The fourth-order valence-electron chi connectivity index (χ4n) is 4.50. The summed E-state index contributed by atoms with van der Waals surface area (Å²) in [6, 6.07) is 0.568. The molecular formula is C15H26N2O. The minimum atomic E-state index is 0.143. The van der Waals surface area contributed by atoms with E-state index in [1.807, 2.05) is 0 Å². The molecule has 102 valence electrons. The van der Waals surface area contributed by atoms with E-state index in [9.17, 15) is 4.79 Å². The molecule has 3 aliphatic rings. The van der Waals surface area contributed by atoms with Crippen LogP contribution < -0.4 is 5.73 Å². The maximum atomic E-state index is 12.8. The number of hydrogen-bond donors (Lipinski definition) is 1. The van der Waals surface area contributed by atoms with Gasteiger partial charge in [0.1, 0.15) is 0 Å². The number of likely N-dealkylation sites (tertiary alicyclic amines) is 1. The van der Waals surface area contributed by atoms with E-state index in [-0.39, 0.29) is 12.0 Å². The van der Waals surface area contributed by atoms with Crippen LogP contribution in [0.15, 0.2) is 0 Å². The Bertz CT molecular complexity index is 328. The van der Waals surface area contributed by atoms with Crippen LogP contribution in [-0.2, 0) is 4.79 Å². The molecule has 5 unspecified atom stereocenters. The molecule has 1 amide bonds. The molecule has 1 saturated heterocycles. The number of carbonyl (C=O) groups excluding carboxylic acids is 1. The molecule has 18 heavy (non-hydrogen) atoms. The molecule has 5 atom stereocenters. The van der Waals surface area contributed by atoms with Crippen molar-refractivity contribution in [2.45, 2.75) is 64.0 Å². The number of amides is 1. The van der Waals surface area contributed by atoms with Crippen molar-refractivity contribution in [3.05, 3.63) is 0 Å². The summed E-state index contributed by atoms with van der Waals surface area (Å²) in [5.41, 5.74) is 6.31. The maximum absolute atomic E-state index is 12.8. The van der Waals surface area contributed by atoms with E-state index in [0.29, 0.717) is 23.8 Å². The van der Waals surface area contributed by atoms with Gasteiger partial charge in [-0.3, -0.25) is 4.79 Å². The van der Waals surface area contributed by atoms with Gasteiger partial charge in [0, 0.05) is 18.6 Å². The van der Waals surface area contributed by atoms with Gasteiger partial charge < -0.3 is 10.6 Å². The first kappa shape index (κ1) is 12.5. The Kier molecular flexibility index (Phi) is 3.35. The standard InChI is InChI=1S/C15H26N2O/c1-10-5-3-2-4-8-17(10)15(18)13-11-6-7-12(9-11)14(13)16/h10-14H,2-9,16H2,1H3. The number of nitrogens with two attached hydrogens (primary N) is 1. The van der Waals surface area contributed by atoms with E-state index in [4.69, 9.17) is 5.73 Å². The number of fused-ring (bicyclic) bond motifs is 2. The lowest BCUT2D eigenvalue weighted by Crippen LogP contribution is -2.49. The van der Waals surface area contributed by atoms with Crippen LogP contribution in [0, 0.1) is 17.8 Å². The van der Waals surface area contributed by atoms with Crippen LogP contribution in [0.3, 0.4) is 0 Å². The third-order valence-electron chi connectivity index (χ3n) is 5.60. The first-order valence-corrected chi connectivity index (χ1v) is 7.74. The van der Waals surface area contributed by atoms with Crippen LogP contribution in [0.4, 0.5) is 0 Å². The fraction of sp³-hybridized carbons (Fsp3) is 0.933. The number of nitrogens with zero attached hydrogens (tertiary/aromatic N) is 1. The average molecular weight is 250 g/mol. The Morgan fingerprint density at radius 2 is 1.89 bits per heavy atom. The molecule has 0 aromatic heterocycles.